The average molecular weight is 457 g/mol. The zero-order valence-electron chi connectivity index (χ0n) is 18.3. The molecule has 4 rings (SSSR count). The Morgan fingerprint density at radius 3 is 2.66 bits per heavy atom. The van der Waals surface area contributed by atoms with Gasteiger partial charge in [0.2, 0.25) is 11.8 Å². The lowest BCUT2D eigenvalue weighted by Gasteiger charge is -2.22. The molecule has 1 fully saturated rings. The Kier molecular flexibility index (Phi) is 6.24. The second kappa shape index (κ2) is 8.94. The van der Waals surface area contributed by atoms with Crippen molar-refractivity contribution in [1.29, 1.82) is 0 Å². The molecular formula is C24H28N2O5S. The first-order chi connectivity index (χ1) is 15.3. The molecule has 1 atom stereocenters. The summed E-state index contributed by atoms with van der Waals surface area (Å²) in [6.45, 7) is 2.29. The molecule has 2 aromatic rings. The van der Waals surface area contributed by atoms with Gasteiger partial charge in [0.1, 0.15) is 5.75 Å². The van der Waals surface area contributed by atoms with E-state index in [-0.39, 0.29) is 40.8 Å². The van der Waals surface area contributed by atoms with Gasteiger partial charge in [0.15, 0.2) is 9.84 Å². The van der Waals surface area contributed by atoms with E-state index in [9.17, 15) is 18.0 Å². The Morgan fingerprint density at radius 2 is 1.94 bits per heavy atom. The van der Waals surface area contributed by atoms with Crippen molar-refractivity contribution in [2.75, 3.05) is 17.8 Å². The average Bonchev–Trinajstić information content (AvgIpc) is 3.58. The third-order valence-corrected chi connectivity index (χ3v) is 7.73. The van der Waals surface area contributed by atoms with Crippen molar-refractivity contribution < 1.29 is 22.7 Å². The van der Waals surface area contributed by atoms with Crippen LogP contribution >= 0.6 is 0 Å². The minimum Gasteiger partial charge on any atom is -0.497 e. The Labute approximate surface area is 188 Å². The van der Waals surface area contributed by atoms with Crippen molar-refractivity contribution in [2.45, 2.75) is 50.1 Å². The summed E-state index contributed by atoms with van der Waals surface area (Å²) in [7, 11) is -2.04. The van der Waals surface area contributed by atoms with Crippen molar-refractivity contribution in [1.82, 2.24) is 5.32 Å². The molecule has 1 saturated carbocycles. The van der Waals surface area contributed by atoms with Gasteiger partial charge < -0.3 is 15.0 Å². The minimum atomic E-state index is -3.61. The van der Waals surface area contributed by atoms with Gasteiger partial charge in [-0.15, -0.1) is 0 Å². The Balaban J connectivity index is 1.37. The number of hydrogen-bond donors (Lipinski definition) is 1. The van der Waals surface area contributed by atoms with Crippen molar-refractivity contribution in [3.05, 3.63) is 53.6 Å². The van der Waals surface area contributed by atoms with E-state index in [0.29, 0.717) is 18.7 Å². The van der Waals surface area contributed by atoms with Gasteiger partial charge in [-0.2, -0.15) is 0 Å². The smallest absolute Gasteiger partial charge is 0.230 e. The lowest BCUT2D eigenvalue weighted by Crippen LogP contribution is -2.36. The summed E-state index contributed by atoms with van der Waals surface area (Å²) in [6, 6.07) is 12.3. The molecule has 2 aromatic carbocycles. The first-order valence-electron chi connectivity index (χ1n) is 10.9. The van der Waals surface area contributed by atoms with E-state index in [2.05, 4.69) is 5.32 Å². The van der Waals surface area contributed by atoms with Crippen molar-refractivity contribution in [3.8, 4) is 5.75 Å². The highest BCUT2D eigenvalue weighted by Crippen LogP contribution is 2.39. The number of fused-ring (bicyclic) bond motifs is 1. The fourth-order valence-corrected chi connectivity index (χ4v) is 5.37. The highest BCUT2D eigenvalue weighted by Gasteiger charge is 2.39. The number of nitrogens with zero attached hydrogens (tertiary/aromatic N) is 1. The van der Waals surface area contributed by atoms with E-state index in [1.165, 1.54) is 0 Å². The van der Waals surface area contributed by atoms with Crippen LogP contribution < -0.4 is 15.0 Å². The van der Waals surface area contributed by atoms with Crippen molar-refractivity contribution >= 4 is 27.3 Å². The molecule has 32 heavy (non-hydrogen) atoms. The maximum atomic E-state index is 12.8. The molecule has 0 radical (unpaired) electrons. The Morgan fingerprint density at radius 1 is 1.16 bits per heavy atom. The number of carbonyl (C=O) groups excluding carboxylic acids is 2. The molecule has 1 heterocycles. The van der Waals surface area contributed by atoms with Crippen LogP contribution in [0.2, 0.25) is 0 Å². The Hall–Kier alpha value is -2.87. The van der Waals surface area contributed by atoms with Crippen LogP contribution in [0.1, 0.15) is 37.3 Å². The van der Waals surface area contributed by atoms with Gasteiger partial charge in [-0.25, -0.2) is 8.42 Å². The van der Waals surface area contributed by atoms with Crippen LogP contribution in [0.5, 0.6) is 5.75 Å². The van der Waals surface area contributed by atoms with Gasteiger partial charge in [-0.3, -0.25) is 9.59 Å². The molecule has 170 valence electrons. The van der Waals surface area contributed by atoms with Crippen LogP contribution in [0.25, 0.3) is 0 Å². The number of sulfone groups is 1. The largest absolute Gasteiger partial charge is 0.497 e. The highest BCUT2D eigenvalue weighted by molar-refractivity contribution is 7.91. The lowest BCUT2D eigenvalue weighted by molar-refractivity contribution is -0.121. The fraction of sp³-hybridized carbons (Fsp3) is 0.417. The Bertz CT molecular complexity index is 1140. The minimum absolute atomic E-state index is 0.0263. The maximum absolute atomic E-state index is 12.8. The van der Waals surface area contributed by atoms with Gasteiger partial charge in [0.25, 0.3) is 0 Å². The first-order valence-corrected chi connectivity index (χ1v) is 12.5. The molecule has 2 aliphatic rings. The fourth-order valence-electron chi connectivity index (χ4n) is 4.08. The summed E-state index contributed by atoms with van der Waals surface area (Å²) in [5, 5.41) is 2.75. The van der Waals surface area contributed by atoms with Gasteiger partial charge in [0, 0.05) is 30.6 Å². The van der Waals surface area contributed by atoms with E-state index in [1.807, 2.05) is 36.1 Å². The van der Waals surface area contributed by atoms with Crippen LogP contribution in [0.3, 0.4) is 0 Å². The summed E-state index contributed by atoms with van der Waals surface area (Å²) in [4.78, 5) is 26.8. The molecule has 0 unspecified atom stereocenters. The lowest BCUT2D eigenvalue weighted by atomic mass is 10.1. The molecule has 1 aliphatic heterocycles. The molecular weight excluding hydrogens is 428 g/mol. The number of carbonyl (C=O) groups is 2. The van der Waals surface area contributed by atoms with Gasteiger partial charge in [0.05, 0.1) is 17.8 Å². The van der Waals surface area contributed by atoms with Crippen LogP contribution in [0.4, 0.5) is 5.69 Å². The first kappa shape index (κ1) is 22.3. The van der Waals surface area contributed by atoms with Crippen LogP contribution in [-0.2, 0) is 32.4 Å². The van der Waals surface area contributed by atoms with Crippen LogP contribution in [-0.4, -0.2) is 39.1 Å². The van der Waals surface area contributed by atoms with Crippen molar-refractivity contribution in [3.63, 3.8) is 0 Å². The number of rotatable bonds is 8. The summed E-state index contributed by atoms with van der Waals surface area (Å²) in [5.41, 5.74) is 2.55. The molecule has 1 N–H and O–H groups in total. The standard InChI is InChI=1S/C24H28N2O5S/c1-16-12-19-14-21(8-9-22(19)26(16)24(28)18-6-7-18)32(29,30)11-10-23(27)25-15-17-4-3-5-20(13-17)31-2/h3-5,8-9,13-14,16,18H,6-7,10-12,15H2,1-2H3,(H,25,27)/t16-/m0/s1. The predicted molar refractivity (Wildman–Crippen MR) is 121 cm³/mol. The molecule has 2 amide bonds. The molecule has 1 aliphatic carbocycles. The molecule has 0 aromatic heterocycles. The molecule has 7 nitrogen and oxygen atoms in total. The summed E-state index contributed by atoms with van der Waals surface area (Å²) >= 11 is 0. The number of anilines is 1. The third-order valence-electron chi connectivity index (χ3n) is 6.01. The number of benzene rings is 2. The predicted octanol–water partition coefficient (Wildman–Crippen LogP) is 2.86. The zero-order chi connectivity index (χ0) is 22.9. The second-order valence-corrected chi connectivity index (χ2v) is 10.6. The molecule has 0 saturated heterocycles. The van der Waals surface area contributed by atoms with Crippen LogP contribution in [0, 0.1) is 5.92 Å². The van der Waals surface area contributed by atoms with E-state index < -0.39 is 9.84 Å². The number of amides is 2. The zero-order valence-corrected chi connectivity index (χ0v) is 19.2. The summed E-state index contributed by atoms with van der Waals surface area (Å²) in [5.74, 6) is 0.354. The number of nitrogens with one attached hydrogen (secondary N) is 1. The second-order valence-electron chi connectivity index (χ2n) is 8.52. The van der Waals surface area contributed by atoms with E-state index in [0.717, 1.165) is 29.7 Å². The number of methoxy groups -OCH3 is 1. The number of hydrogen-bond acceptors (Lipinski definition) is 5. The quantitative estimate of drug-likeness (QED) is 0.659. The summed E-state index contributed by atoms with van der Waals surface area (Å²) < 4.78 is 30.8. The number of ether oxygens (including phenoxy) is 1. The SMILES string of the molecule is COc1cccc(CNC(=O)CCS(=O)(=O)c2ccc3c(c2)C[C@H](C)N3C(=O)C2CC2)c1. The molecule has 0 spiro atoms. The van der Waals surface area contributed by atoms with Crippen LogP contribution in [0.15, 0.2) is 47.4 Å². The highest BCUT2D eigenvalue weighted by atomic mass is 32.2. The third kappa shape index (κ3) is 4.80. The summed E-state index contributed by atoms with van der Waals surface area (Å²) in [6.07, 6.45) is 2.39. The normalized spacial score (nSPS) is 17.7. The van der Waals surface area contributed by atoms with E-state index in [4.69, 9.17) is 4.74 Å². The maximum Gasteiger partial charge on any atom is 0.230 e. The van der Waals surface area contributed by atoms with Gasteiger partial charge in [-0.1, -0.05) is 12.1 Å². The molecule has 8 heteroatoms. The topological polar surface area (TPSA) is 92.8 Å². The monoisotopic (exact) mass is 456 g/mol. The van der Waals surface area contributed by atoms with Gasteiger partial charge in [-0.05, 0) is 67.6 Å². The van der Waals surface area contributed by atoms with E-state index >= 15 is 0 Å². The van der Waals surface area contributed by atoms with E-state index in [1.54, 1.807) is 25.3 Å². The molecule has 0 bridgehead atoms. The van der Waals surface area contributed by atoms with Crippen molar-refractivity contribution in [2.24, 2.45) is 5.92 Å². The van der Waals surface area contributed by atoms with Gasteiger partial charge >= 0.3 is 0 Å².